The molecule has 0 radical (unpaired) electrons. The van der Waals surface area contributed by atoms with E-state index in [-0.39, 0.29) is 0 Å². The van der Waals surface area contributed by atoms with Gasteiger partial charge in [0.05, 0.1) is 11.7 Å². The third-order valence-electron chi connectivity index (χ3n) is 6.29. The van der Waals surface area contributed by atoms with Gasteiger partial charge in [0, 0.05) is 45.1 Å². The van der Waals surface area contributed by atoms with Crippen LogP contribution in [0, 0.1) is 0 Å². The van der Waals surface area contributed by atoms with Crippen LogP contribution in [0.25, 0.3) is 0 Å². The van der Waals surface area contributed by atoms with Crippen LogP contribution in [0.4, 0.5) is 0 Å². The molecule has 0 aromatic heterocycles. The van der Waals surface area contributed by atoms with Crippen molar-refractivity contribution in [2.45, 2.75) is 12.5 Å². The van der Waals surface area contributed by atoms with E-state index in [9.17, 15) is 0 Å². The van der Waals surface area contributed by atoms with Crippen LogP contribution < -0.4 is 5.53 Å². The van der Waals surface area contributed by atoms with Crippen LogP contribution in [-0.2, 0) is 0 Å². The molecule has 2 aromatic rings. The number of hydrogen-bond acceptors (Lipinski definition) is 5. The lowest BCUT2D eigenvalue weighted by atomic mass is 9.96. The Morgan fingerprint density at radius 2 is 1.45 bits per heavy atom. The van der Waals surface area contributed by atoms with Crippen LogP contribution in [-0.4, -0.2) is 59.1 Å². The second kappa shape index (κ2) is 9.52. The topological polar surface area (TPSA) is 25.0 Å². The molecule has 5 nitrogen and oxygen atoms in total. The first kappa shape index (κ1) is 20.1. The largest absolute Gasteiger partial charge is 0.301 e. The Morgan fingerprint density at radius 1 is 0.774 bits per heavy atom. The Labute approximate surface area is 185 Å². The predicted molar refractivity (Wildman–Crippen MR) is 125 cm³/mol. The number of benzene rings is 2. The Hall–Kier alpha value is -2.86. The average Bonchev–Trinajstić information content (AvgIpc) is 3.25. The maximum Gasteiger partial charge on any atom is 0.0762 e. The number of hydrogen-bond donors (Lipinski definition) is 1. The molecule has 31 heavy (non-hydrogen) atoms. The van der Waals surface area contributed by atoms with E-state index in [4.69, 9.17) is 0 Å². The Bertz CT molecular complexity index is 889. The van der Waals surface area contributed by atoms with Crippen molar-refractivity contribution in [1.82, 2.24) is 25.4 Å². The summed E-state index contributed by atoms with van der Waals surface area (Å²) in [6.45, 7) is 6.61. The average molecular weight is 414 g/mol. The summed E-state index contributed by atoms with van der Waals surface area (Å²) >= 11 is 0. The summed E-state index contributed by atoms with van der Waals surface area (Å²) < 4.78 is 0. The third kappa shape index (κ3) is 4.74. The number of fused-ring (bicyclic) bond motifs is 1. The van der Waals surface area contributed by atoms with Gasteiger partial charge >= 0.3 is 0 Å². The molecule has 160 valence electrons. The quantitative estimate of drug-likeness (QED) is 0.746. The highest BCUT2D eigenvalue weighted by atomic mass is 15.8. The monoisotopic (exact) mass is 413 g/mol. The predicted octanol–water partition coefficient (Wildman–Crippen LogP) is 3.75. The molecular weight excluding hydrogens is 382 g/mol. The molecule has 0 atom stereocenters. The van der Waals surface area contributed by atoms with Crippen molar-refractivity contribution in [3.8, 4) is 0 Å². The first-order valence-corrected chi connectivity index (χ1v) is 11.3. The maximum absolute atomic E-state index is 3.40. The van der Waals surface area contributed by atoms with Crippen molar-refractivity contribution in [2.75, 3.05) is 39.3 Å². The lowest BCUT2D eigenvalue weighted by Gasteiger charge is -2.40. The Balaban J connectivity index is 1.14. The zero-order valence-electron chi connectivity index (χ0n) is 18.0. The lowest BCUT2D eigenvalue weighted by molar-refractivity contribution is 0.102. The van der Waals surface area contributed by atoms with Gasteiger partial charge in [-0.1, -0.05) is 66.7 Å². The van der Waals surface area contributed by atoms with Crippen molar-refractivity contribution in [3.05, 3.63) is 108 Å². The minimum Gasteiger partial charge on any atom is -0.301 e. The van der Waals surface area contributed by atoms with Gasteiger partial charge < -0.3 is 4.90 Å². The molecule has 0 amide bonds. The highest BCUT2D eigenvalue weighted by Crippen LogP contribution is 2.29. The summed E-state index contributed by atoms with van der Waals surface area (Å²) in [5.41, 5.74) is 7.36. The summed E-state index contributed by atoms with van der Waals surface area (Å²) in [5, 5.41) is 4.25. The fourth-order valence-corrected chi connectivity index (χ4v) is 4.69. The Kier molecular flexibility index (Phi) is 6.16. The van der Waals surface area contributed by atoms with E-state index in [1.807, 2.05) is 6.08 Å². The molecular formula is C26H31N5. The highest BCUT2D eigenvalue weighted by Gasteiger charge is 2.26. The smallest absolute Gasteiger partial charge is 0.0762 e. The van der Waals surface area contributed by atoms with Crippen molar-refractivity contribution in [1.29, 1.82) is 0 Å². The molecule has 1 saturated heterocycles. The number of hydrazine groups is 2. The SMILES string of the molecule is C1=CC2=CN(CCCN3CCN(C(c4ccccc4)c4ccccc4)CC3)NN2C=C1. The standard InChI is InChI=1S/C26H31N5/c1-3-10-23(11-4-1)26(24-12-5-2-6-13-24)29-20-18-28(19-21-29)15-9-16-30-22-25-14-7-8-17-31(25)27-30/h1-8,10-14,17,22,26-27H,9,15-16,18-21H2. The summed E-state index contributed by atoms with van der Waals surface area (Å²) in [5.74, 6) is 0. The molecule has 0 aliphatic carbocycles. The summed E-state index contributed by atoms with van der Waals surface area (Å²) in [7, 11) is 0. The van der Waals surface area contributed by atoms with Crippen LogP contribution in [0.15, 0.2) is 97.0 Å². The number of rotatable bonds is 7. The molecule has 5 heteroatoms. The second-order valence-electron chi connectivity index (χ2n) is 8.37. The van der Waals surface area contributed by atoms with Gasteiger partial charge in [-0.05, 0) is 36.2 Å². The number of nitrogens with zero attached hydrogens (tertiary/aromatic N) is 4. The zero-order chi connectivity index (χ0) is 20.9. The second-order valence-corrected chi connectivity index (χ2v) is 8.37. The molecule has 5 rings (SSSR count). The molecule has 1 fully saturated rings. The van der Waals surface area contributed by atoms with Crippen LogP contribution in [0.1, 0.15) is 23.6 Å². The van der Waals surface area contributed by atoms with E-state index in [0.29, 0.717) is 6.04 Å². The molecule has 0 unspecified atom stereocenters. The van der Waals surface area contributed by atoms with Gasteiger partial charge in [0.1, 0.15) is 0 Å². The number of allylic oxidation sites excluding steroid dienone is 3. The molecule has 3 aliphatic rings. The molecule has 2 aromatic carbocycles. The normalized spacial score (nSPS) is 19.2. The van der Waals surface area contributed by atoms with Gasteiger partial charge in [-0.15, -0.1) is 5.53 Å². The molecule has 0 bridgehead atoms. The van der Waals surface area contributed by atoms with Crippen LogP contribution >= 0.6 is 0 Å². The third-order valence-corrected chi connectivity index (χ3v) is 6.29. The number of piperazine rings is 1. The van der Waals surface area contributed by atoms with Gasteiger partial charge in [-0.25, -0.2) is 0 Å². The minimum absolute atomic E-state index is 0.337. The molecule has 3 aliphatic heterocycles. The van der Waals surface area contributed by atoms with Crippen LogP contribution in [0.2, 0.25) is 0 Å². The van der Waals surface area contributed by atoms with Gasteiger partial charge in [0.25, 0.3) is 0 Å². The van der Waals surface area contributed by atoms with Crippen molar-refractivity contribution >= 4 is 0 Å². The van der Waals surface area contributed by atoms with Crippen molar-refractivity contribution < 1.29 is 0 Å². The van der Waals surface area contributed by atoms with Crippen LogP contribution in [0.3, 0.4) is 0 Å². The fraction of sp³-hybridized carbons (Fsp3) is 0.308. The first-order chi connectivity index (χ1) is 15.4. The maximum atomic E-state index is 3.40. The summed E-state index contributed by atoms with van der Waals surface area (Å²) in [6.07, 6.45) is 11.6. The summed E-state index contributed by atoms with van der Waals surface area (Å²) in [6, 6.07) is 22.2. The van der Waals surface area contributed by atoms with Crippen molar-refractivity contribution in [2.24, 2.45) is 0 Å². The van der Waals surface area contributed by atoms with E-state index in [2.05, 4.69) is 111 Å². The van der Waals surface area contributed by atoms with Crippen LogP contribution in [0.5, 0.6) is 0 Å². The summed E-state index contributed by atoms with van der Waals surface area (Å²) in [4.78, 5) is 5.25. The fourth-order valence-electron chi connectivity index (χ4n) is 4.69. The van der Waals surface area contributed by atoms with Gasteiger partial charge in [-0.3, -0.25) is 14.9 Å². The number of nitrogens with one attached hydrogen (secondary N) is 1. The molecule has 0 saturated carbocycles. The van der Waals surface area contributed by atoms with E-state index in [0.717, 1.165) is 45.7 Å². The van der Waals surface area contributed by atoms with E-state index >= 15 is 0 Å². The molecule has 0 spiro atoms. The van der Waals surface area contributed by atoms with Crippen molar-refractivity contribution in [3.63, 3.8) is 0 Å². The van der Waals surface area contributed by atoms with E-state index in [1.54, 1.807) is 0 Å². The first-order valence-electron chi connectivity index (χ1n) is 11.3. The van der Waals surface area contributed by atoms with E-state index < -0.39 is 0 Å². The van der Waals surface area contributed by atoms with E-state index in [1.165, 1.54) is 16.8 Å². The molecule has 3 heterocycles. The minimum atomic E-state index is 0.337. The van der Waals surface area contributed by atoms with Gasteiger partial charge in [0.2, 0.25) is 0 Å². The zero-order valence-corrected chi connectivity index (χ0v) is 18.0. The van der Waals surface area contributed by atoms with Gasteiger partial charge in [0.15, 0.2) is 0 Å². The molecule has 1 N–H and O–H groups in total. The lowest BCUT2D eigenvalue weighted by Crippen LogP contribution is -2.48. The Morgan fingerprint density at radius 3 is 2.10 bits per heavy atom. The van der Waals surface area contributed by atoms with Gasteiger partial charge in [-0.2, -0.15) is 0 Å². The highest BCUT2D eigenvalue weighted by molar-refractivity contribution is 5.32.